The van der Waals surface area contributed by atoms with Crippen LogP contribution in [-0.2, 0) is 29.7 Å². The quantitative estimate of drug-likeness (QED) is 0.336. The van der Waals surface area contributed by atoms with E-state index in [1.165, 1.54) is 16.7 Å². The van der Waals surface area contributed by atoms with Crippen LogP contribution >= 0.6 is 10.0 Å². The molecule has 6 heteroatoms. The number of hydrogen-bond donors (Lipinski definition) is 1. The molecule has 184 valence electrons. The first-order valence-corrected chi connectivity index (χ1v) is 15.3. The Bertz CT molecular complexity index is 1300. The largest absolute Gasteiger partial charge is 0.360 e. The molecule has 2 heterocycles. The minimum atomic E-state index is -0.553. The molecule has 0 atom stereocenters. The standard InChI is InChI=1S/C29H36N4OS/c1-30-19-29(17-23-8-5-6-9-24(23)18-29)25-11-7-10-22(16-25)27-26-12-13-33(28(26)32-20-31-27)21-34-14-15-35(2,3)4/h5-13,16,20,30H,14-15,17-19,21H2,1-4H3. The maximum atomic E-state index is 5.98. The first kappa shape index (κ1) is 24.0. The van der Waals surface area contributed by atoms with Crippen LogP contribution < -0.4 is 5.32 Å². The van der Waals surface area contributed by atoms with Crippen molar-refractivity contribution in [2.45, 2.75) is 25.0 Å². The Morgan fingerprint density at radius 3 is 2.49 bits per heavy atom. The lowest BCUT2D eigenvalue weighted by molar-refractivity contribution is 0.0923. The molecule has 4 aromatic rings. The van der Waals surface area contributed by atoms with Gasteiger partial charge >= 0.3 is 0 Å². The SMILES string of the molecule is CNCC1(c2cccc(-c3ncnc4c3ccn4COCCS(C)(C)C)c2)Cc2ccccc2C1. The molecule has 0 radical (unpaired) electrons. The van der Waals surface area contributed by atoms with Crippen molar-refractivity contribution in [2.24, 2.45) is 0 Å². The normalized spacial score (nSPS) is 15.4. The fraction of sp³-hybridized carbons (Fsp3) is 0.379. The van der Waals surface area contributed by atoms with E-state index in [9.17, 15) is 0 Å². The van der Waals surface area contributed by atoms with Crippen molar-refractivity contribution in [2.75, 3.05) is 44.7 Å². The van der Waals surface area contributed by atoms with Crippen LogP contribution in [0.5, 0.6) is 0 Å². The van der Waals surface area contributed by atoms with Crippen LogP contribution in [0.15, 0.2) is 67.1 Å². The molecule has 2 aromatic heterocycles. The highest BCUT2D eigenvalue weighted by Crippen LogP contribution is 2.41. The van der Waals surface area contributed by atoms with E-state index in [0.29, 0.717) is 6.73 Å². The molecule has 2 aromatic carbocycles. The van der Waals surface area contributed by atoms with E-state index in [1.54, 1.807) is 6.33 Å². The summed E-state index contributed by atoms with van der Waals surface area (Å²) in [7, 11) is 1.50. The third-order valence-electron chi connectivity index (χ3n) is 7.07. The Hall–Kier alpha value is -2.67. The number of nitrogens with one attached hydrogen (secondary N) is 1. The molecule has 0 fully saturated rings. The van der Waals surface area contributed by atoms with E-state index >= 15 is 0 Å². The summed E-state index contributed by atoms with van der Waals surface area (Å²) in [5.41, 5.74) is 7.36. The molecule has 35 heavy (non-hydrogen) atoms. The number of nitrogens with zero attached hydrogens (tertiary/aromatic N) is 3. The molecule has 5 rings (SSSR count). The maximum Gasteiger partial charge on any atom is 0.145 e. The van der Waals surface area contributed by atoms with Gasteiger partial charge in [0.2, 0.25) is 0 Å². The monoisotopic (exact) mass is 488 g/mol. The van der Waals surface area contributed by atoms with E-state index in [0.717, 1.165) is 54.0 Å². The van der Waals surface area contributed by atoms with Gasteiger partial charge in [-0.25, -0.2) is 20.0 Å². The molecule has 0 saturated heterocycles. The van der Waals surface area contributed by atoms with Crippen molar-refractivity contribution in [3.63, 3.8) is 0 Å². The van der Waals surface area contributed by atoms with Gasteiger partial charge in [-0.05, 0) is 67.5 Å². The second-order valence-corrected chi connectivity index (χ2v) is 15.2. The number of fused-ring (bicyclic) bond motifs is 2. The smallest absolute Gasteiger partial charge is 0.145 e. The third-order valence-corrected chi connectivity index (χ3v) is 8.46. The van der Waals surface area contributed by atoms with Crippen molar-refractivity contribution in [3.05, 3.63) is 83.8 Å². The van der Waals surface area contributed by atoms with E-state index in [4.69, 9.17) is 9.72 Å². The van der Waals surface area contributed by atoms with Crippen molar-refractivity contribution < 1.29 is 4.74 Å². The summed E-state index contributed by atoms with van der Waals surface area (Å²) in [4.78, 5) is 9.31. The van der Waals surface area contributed by atoms with Gasteiger partial charge in [0.25, 0.3) is 0 Å². The van der Waals surface area contributed by atoms with Crippen molar-refractivity contribution in [1.82, 2.24) is 19.9 Å². The summed E-state index contributed by atoms with van der Waals surface area (Å²) in [6.45, 7) is 2.22. The average molecular weight is 489 g/mol. The Morgan fingerprint density at radius 2 is 1.77 bits per heavy atom. The molecule has 1 N–H and O–H groups in total. The summed E-state index contributed by atoms with van der Waals surface area (Å²) >= 11 is 0. The highest BCUT2D eigenvalue weighted by molar-refractivity contribution is 8.32. The van der Waals surface area contributed by atoms with Crippen LogP contribution in [0.3, 0.4) is 0 Å². The van der Waals surface area contributed by atoms with Crippen LogP contribution in [0.25, 0.3) is 22.3 Å². The van der Waals surface area contributed by atoms with Gasteiger partial charge in [0.05, 0.1) is 12.3 Å². The van der Waals surface area contributed by atoms with Gasteiger partial charge in [-0.3, -0.25) is 0 Å². The number of ether oxygens (including phenoxy) is 1. The second kappa shape index (κ2) is 9.76. The fourth-order valence-electron chi connectivity index (χ4n) is 5.27. The van der Waals surface area contributed by atoms with E-state index in [2.05, 4.69) is 101 Å². The van der Waals surface area contributed by atoms with Crippen LogP contribution in [0.4, 0.5) is 0 Å². The van der Waals surface area contributed by atoms with Gasteiger partial charge in [-0.2, -0.15) is 0 Å². The van der Waals surface area contributed by atoms with Gasteiger partial charge in [0, 0.05) is 34.9 Å². The molecule has 1 aliphatic carbocycles. The van der Waals surface area contributed by atoms with Gasteiger partial charge in [-0.15, -0.1) is 0 Å². The zero-order valence-corrected chi connectivity index (χ0v) is 22.1. The molecule has 1 aliphatic rings. The van der Waals surface area contributed by atoms with Crippen LogP contribution in [0, 0.1) is 0 Å². The second-order valence-electron chi connectivity index (χ2n) is 10.6. The van der Waals surface area contributed by atoms with Gasteiger partial charge in [0.15, 0.2) is 0 Å². The lowest BCUT2D eigenvalue weighted by Gasteiger charge is -2.30. The van der Waals surface area contributed by atoms with Gasteiger partial charge in [0.1, 0.15) is 18.7 Å². The summed E-state index contributed by atoms with van der Waals surface area (Å²) in [6.07, 6.45) is 12.8. The number of aromatic nitrogens is 3. The van der Waals surface area contributed by atoms with Gasteiger partial charge < -0.3 is 14.6 Å². The molecule has 0 unspecified atom stereocenters. The predicted octanol–water partition coefficient (Wildman–Crippen LogP) is 5.02. The van der Waals surface area contributed by atoms with Crippen molar-refractivity contribution in [3.8, 4) is 11.3 Å². The number of likely N-dealkylation sites (N-methyl/N-ethyl adjacent to an activating group) is 1. The molecule has 0 spiro atoms. The van der Waals surface area contributed by atoms with Crippen LogP contribution in [0.2, 0.25) is 0 Å². The Labute approximate surface area is 210 Å². The Morgan fingerprint density at radius 1 is 1.00 bits per heavy atom. The summed E-state index contributed by atoms with van der Waals surface area (Å²) in [5, 5.41) is 4.53. The van der Waals surface area contributed by atoms with E-state index in [1.807, 2.05) is 0 Å². The predicted molar refractivity (Wildman–Crippen MR) is 149 cm³/mol. The van der Waals surface area contributed by atoms with Crippen molar-refractivity contribution >= 4 is 21.1 Å². The first-order chi connectivity index (χ1) is 16.9. The third kappa shape index (κ3) is 5.01. The minimum absolute atomic E-state index is 0.0510. The number of benzene rings is 2. The zero-order valence-electron chi connectivity index (χ0n) is 21.3. The highest BCUT2D eigenvalue weighted by Gasteiger charge is 2.38. The van der Waals surface area contributed by atoms with Gasteiger partial charge in [-0.1, -0.05) is 42.5 Å². The molecular weight excluding hydrogens is 452 g/mol. The fourth-order valence-corrected chi connectivity index (χ4v) is 5.89. The molecule has 5 nitrogen and oxygen atoms in total. The Balaban J connectivity index is 1.44. The van der Waals surface area contributed by atoms with Crippen LogP contribution in [-0.4, -0.2) is 59.3 Å². The molecular formula is C29H36N4OS. The Kier molecular flexibility index (Phi) is 6.71. The maximum absolute atomic E-state index is 5.98. The number of hydrogen-bond acceptors (Lipinski definition) is 4. The molecule has 0 bridgehead atoms. The van der Waals surface area contributed by atoms with Crippen LogP contribution in [0.1, 0.15) is 16.7 Å². The molecule has 0 aliphatic heterocycles. The minimum Gasteiger partial charge on any atom is -0.360 e. The summed E-state index contributed by atoms with van der Waals surface area (Å²) in [6, 6.07) is 19.9. The molecule has 0 saturated carbocycles. The number of rotatable bonds is 9. The van der Waals surface area contributed by atoms with E-state index < -0.39 is 10.0 Å². The summed E-state index contributed by atoms with van der Waals surface area (Å²) in [5.74, 6) is 1.11. The zero-order chi connectivity index (χ0) is 24.5. The van der Waals surface area contributed by atoms with E-state index in [-0.39, 0.29) is 5.41 Å². The first-order valence-electron chi connectivity index (χ1n) is 12.2. The lowest BCUT2D eigenvalue weighted by atomic mass is 9.77. The lowest BCUT2D eigenvalue weighted by Crippen LogP contribution is -2.37. The average Bonchev–Trinajstić information content (AvgIpc) is 3.43. The van der Waals surface area contributed by atoms with Crippen molar-refractivity contribution in [1.29, 1.82) is 0 Å². The highest BCUT2D eigenvalue weighted by atomic mass is 32.3. The summed E-state index contributed by atoms with van der Waals surface area (Å²) < 4.78 is 8.06. The topological polar surface area (TPSA) is 52.0 Å². The molecule has 0 amide bonds.